The van der Waals surface area contributed by atoms with E-state index in [0.29, 0.717) is 21.3 Å². The number of likely N-dealkylation sites (N-methyl/N-ethyl adjacent to an activating group) is 1. The van der Waals surface area contributed by atoms with Crippen LogP contribution in [0.5, 0.6) is 11.5 Å². The molecule has 1 saturated heterocycles. The quantitative estimate of drug-likeness (QED) is 0.566. The Hall–Kier alpha value is -3.26. The molecule has 2 aromatic rings. The number of phenolic OH excluding ortho intramolecular Hbond substituents is 2. The maximum Gasteiger partial charge on any atom is 0.335 e. The average Bonchev–Trinajstić information content (AvgIpc) is 2.86. The number of carbonyl (C=O) groups is 2. The second-order valence-electron chi connectivity index (χ2n) is 5.47. The summed E-state index contributed by atoms with van der Waals surface area (Å²) in [6.07, 6.45) is 1.58. The normalized spacial score (nSPS) is 17.3. The van der Waals surface area contributed by atoms with Crippen molar-refractivity contribution in [3.05, 3.63) is 58.5 Å². The fourth-order valence-corrected chi connectivity index (χ4v) is 3.24. The fraction of sp³-hybridized carbons (Fsp3) is 0.0556. The van der Waals surface area contributed by atoms with Gasteiger partial charge in [0, 0.05) is 7.05 Å². The molecule has 0 bridgehead atoms. The molecule has 1 amide bonds. The van der Waals surface area contributed by atoms with Gasteiger partial charge in [-0.05, 0) is 53.7 Å². The molecule has 0 unspecified atom stereocenters. The molecule has 0 atom stereocenters. The highest BCUT2D eigenvalue weighted by Crippen LogP contribution is 2.34. The van der Waals surface area contributed by atoms with Gasteiger partial charge in [0.1, 0.15) is 0 Å². The molecule has 3 N–H and O–H groups in total. The number of carboxylic acids is 1. The summed E-state index contributed by atoms with van der Waals surface area (Å²) in [6, 6.07) is 10.4. The third-order valence-corrected chi connectivity index (χ3v) is 4.68. The minimum absolute atomic E-state index is 0.110. The van der Waals surface area contributed by atoms with Crippen molar-refractivity contribution in [2.24, 2.45) is 4.99 Å². The Morgan fingerprint density at radius 3 is 2.62 bits per heavy atom. The number of thioether (sulfide) groups is 1. The summed E-state index contributed by atoms with van der Waals surface area (Å²) >= 11 is 1.14. The monoisotopic (exact) mass is 370 g/mol. The Bertz CT molecular complexity index is 968. The first-order valence-electron chi connectivity index (χ1n) is 7.47. The summed E-state index contributed by atoms with van der Waals surface area (Å²) < 4.78 is 0. The van der Waals surface area contributed by atoms with Gasteiger partial charge in [-0.3, -0.25) is 9.69 Å². The van der Waals surface area contributed by atoms with Gasteiger partial charge in [0.15, 0.2) is 16.7 Å². The molecule has 0 aliphatic carbocycles. The SMILES string of the molecule is CN1C(=O)/C(=C/c2ccc(O)c(O)c2)SC1=Nc1cccc(C(=O)O)c1. The van der Waals surface area contributed by atoms with Crippen LogP contribution in [0, 0.1) is 0 Å². The van der Waals surface area contributed by atoms with E-state index in [0.717, 1.165) is 11.8 Å². The molecule has 0 radical (unpaired) electrons. The van der Waals surface area contributed by atoms with Crippen LogP contribution in [0.25, 0.3) is 6.08 Å². The van der Waals surface area contributed by atoms with E-state index in [1.165, 1.54) is 29.2 Å². The topological polar surface area (TPSA) is 110 Å². The average molecular weight is 370 g/mol. The molecule has 0 saturated carbocycles. The van der Waals surface area contributed by atoms with E-state index >= 15 is 0 Å². The molecule has 1 aliphatic heterocycles. The second kappa shape index (κ2) is 6.93. The molecule has 1 aliphatic rings. The van der Waals surface area contributed by atoms with E-state index in [2.05, 4.69) is 4.99 Å². The summed E-state index contributed by atoms with van der Waals surface area (Å²) in [7, 11) is 1.57. The first kappa shape index (κ1) is 17.6. The third-order valence-electron chi connectivity index (χ3n) is 3.62. The smallest absolute Gasteiger partial charge is 0.335 e. The van der Waals surface area contributed by atoms with Crippen LogP contribution in [0.1, 0.15) is 15.9 Å². The van der Waals surface area contributed by atoms with Crippen LogP contribution in [0.2, 0.25) is 0 Å². The van der Waals surface area contributed by atoms with E-state index in [4.69, 9.17) is 5.11 Å². The minimum atomic E-state index is -1.05. The van der Waals surface area contributed by atoms with E-state index in [9.17, 15) is 19.8 Å². The number of aliphatic imine (C=N–C) groups is 1. The van der Waals surface area contributed by atoms with Crippen molar-refractivity contribution in [1.82, 2.24) is 4.90 Å². The number of hydrogen-bond acceptors (Lipinski definition) is 6. The van der Waals surface area contributed by atoms with Crippen LogP contribution in [-0.2, 0) is 4.79 Å². The van der Waals surface area contributed by atoms with Crippen molar-refractivity contribution < 1.29 is 24.9 Å². The molecule has 2 aromatic carbocycles. The standard InChI is InChI=1S/C18H14N2O5S/c1-20-16(23)15(8-10-5-6-13(21)14(22)7-10)26-18(20)19-12-4-2-3-11(9-12)17(24)25/h2-9,21-22H,1H3,(H,24,25)/b15-8-,19-18?. The van der Waals surface area contributed by atoms with Gasteiger partial charge in [-0.1, -0.05) is 12.1 Å². The molecular weight excluding hydrogens is 356 g/mol. The number of hydrogen-bond donors (Lipinski definition) is 3. The number of amides is 1. The highest BCUT2D eigenvalue weighted by molar-refractivity contribution is 8.18. The zero-order valence-electron chi connectivity index (χ0n) is 13.6. The molecule has 8 heteroatoms. The van der Waals surface area contributed by atoms with Gasteiger partial charge in [0.2, 0.25) is 0 Å². The summed E-state index contributed by atoms with van der Waals surface area (Å²) in [5.74, 6) is -1.84. The summed E-state index contributed by atoms with van der Waals surface area (Å²) in [4.78, 5) is 29.5. The Morgan fingerprint density at radius 1 is 1.15 bits per heavy atom. The number of benzene rings is 2. The number of aromatic carboxylic acids is 1. The Kier molecular flexibility index (Phi) is 4.68. The van der Waals surface area contributed by atoms with Gasteiger partial charge in [-0.2, -0.15) is 0 Å². The van der Waals surface area contributed by atoms with Gasteiger partial charge in [0.25, 0.3) is 5.91 Å². The van der Waals surface area contributed by atoms with Crippen molar-refractivity contribution in [3.8, 4) is 11.5 Å². The molecule has 7 nitrogen and oxygen atoms in total. The van der Waals surface area contributed by atoms with Crippen LogP contribution in [0.15, 0.2) is 52.4 Å². The fourth-order valence-electron chi connectivity index (χ4n) is 2.25. The number of aromatic hydroxyl groups is 2. The molecule has 1 fully saturated rings. The largest absolute Gasteiger partial charge is 0.504 e. The summed E-state index contributed by atoms with van der Waals surface area (Å²) in [6.45, 7) is 0. The van der Waals surface area contributed by atoms with Crippen molar-refractivity contribution in [2.75, 3.05) is 7.05 Å². The van der Waals surface area contributed by atoms with Crippen LogP contribution in [0.3, 0.4) is 0 Å². The predicted molar refractivity (Wildman–Crippen MR) is 98.6 cm³/mol. The summed E-state index contributed by atoms with van der Waals surface area (Å²) in [5, 5.41) is 28.4. The van der Waals surface area contributed by atoms with Gasteiger partial charge < -0.3 is 15.3 Å². The number of amidine groups is 1. The lowest BCUT2D eigenvalue weighted by atomic mass is 10.2. The molecule has 0 spiro atoms. The van der Waals surface area contributed by atoms with E-state index in [-0.39, 0.29) is 23.0 Å². The van der Waals surface area contributed by atoms with E-state index < -0.39 is 5.97 Å². The Balaban J connectivity index is 1.91. The number of phenols is 2. The molecule has 132 valence electrons. The molecular formula is C18H14N2O5S. The Labute approximate surface area is 152 Å². The van der Waals surface area contributed by atoms with Crippen molar-refractivity contribution in [1.29, 1.82) is 0 Å². The minimum Gasteiger partial charge on any atom is -0.504 e. The second-order valence-corrected chi connectivity index (χ2v) is 6.48. The molecule has 26 heavy (non-hydrogen) atoms. The lowest BCUT2D eigenvalue weighted by Crippen LogP contribution is -2.23. The first-order valence-corrected chi connectivity index (χ1v) is 8.28. The maximum absolute atomic E-state index is 12.4. The zero-order valence-corrected chi connectivity index (χ0v) is 14.4. The molecule has 0 aromatic heterocycles. The predicted octanol–water partition coefficient (Wildman–Crippen LogP) is 3.03. The van der Waals surface area contributed by atoms with E-state index in [1.807, 2.05) is 0 Å². The highest BCUT2D eigenvalue weighted by Gasteiger charge is 2.30. The number of rotatable bonds is 3. The molecule has 3 rings (SSSR count). The van der Waals surface area contributed by atoms with E-state index in [1.54, 1.807) is 31.3 Å². The Morgan fingerprint density at radius 2 is 1.92 bits per heavy atom. The number of nitrogens with zero attached hydrogens (tertiary/aromatic N) is 2. The zero-order chi connectivity index (χ0) is 18.8. The highest BCUT2D eigenvalue weighted by atomic mass is 32.2. The van der Waals surface area contributed by atoms with Crippen LogP contribution < -0.4 is 0 Å². The molecule has 1 heterocycles. The van der Waals surface area contributed by atoms with Crippen LogP contribution in [0.4, 0.5) is 5.69 Å². The summed E-state index contributed by atoms with van der Waals surface area (Å²) in [5.41, 5.74) is 1.09. The van der Waals surface area contributed by atoms with Gasteiger partial charge in [0.05, 0.1) is 16.2 Å². The third kappa shape index (κ3) is 3.55. The van der Waals surface area contributed by atoms with Gasteiger partial charge in [-0.25, -0.2) is 9.79 Å². The van der Waals surface area contributed by atoms with Gasteiger partial charge in [-0.15, -0.1) is 0 Å². The number of carboxylic acid groups (broad SMARTS) is 1. The van der Waals surface area contributed by atoms with Crippen molar-refractivity contribution >= 4 is 40.6 Å². The van der Waals surface area contributed by atoms with Crippen LogP contribution >= 0.6 is 11.8 Å². The lowest BCUT2D eigenvalue weighted by Gasteiger charge is -2.07. The maximum atomic E-state index is 12.4. The van der Waals surface area contributed by atoms with Crippen LogP contribution in [-0.4, -0.2) is 44.3 Å². The van der Waals surface area contributed by atoms with Crippen molar-refractivity contribution in [3.63, 3.8) is 0 Å². The van der Waals surface area contributed by atoms with Crippen molar-refractivity contribution in [2.45, 2.75) is 0 Å². The number of carbonyl (C=O) groups excluding carboxylic acids is 1. The lowest BCUT2D eigenvalue weighted by molar-refractivity contribution is -0.121. The van der Waals surface area contributed by atoms with Gasteiger partial charge >= 0.3 is 5.97 Å². The first-order chi connectivity index (χ1) is 12.3.